The summed E-state index contributed by atoms with van der Waals surface area (Å²) in [5.41, 5.74) is 4.23. The Labute approximate surface area is 184 Å². The number of carbonyl (C=O) groups excluding carboxylic acids is 1. The van der Waals surface area contributed by atoms with E-state index in [1.54, 1.807) is 12.4 Å². The summed E-state index contributed by atoms with van der Waals surface area (Å²) in [7, 11) is 0. The average molecular weight is 419 g/mol. The number of aryl methyl sites for hydroxylation is 1. The van der Waals surface area contributed by atoms with Gasteiger partial charge in [0.1, 0.15) is 18.1 Å². The monoisotopic (exact) mass is 418 g/mol. The van der Waals surface area contributed by atoms with E-state index in [9.17, 15) is 4.79 Å². The van der Waals surface area contributed by atoms with Crippen LogP contribution in [0.2, 0.25) is 0 Å². The van der Waals surface area contributed by atoms with Crippen LogP contribution in [0.1, 0.15) is 55.0 Å². The fourth-order valence-corrected chi connectivity index (χ4v) is 3.26. The minimum Gasteiger partial charge on any atom is -0.489 e. The lowest BCUT2D eigenvalue weighted by Gasteiger charge is -2.17. The molecule has 1 heterocycles. The van der Waals surface area contributed by atoms with Crippen molar-refractivity contribution in [3.63, 3.8) is 0 Å². The minimum atomic E-state index is -0.152. The van der Waals surface area contributed by atoms with Crippen LogP contribution in [0.5, 0.6) is 11.5 Å². The standard InChI is InChI=1S/C26H30N2O3/c1-18(2)24-12-7-19(3)14-25(24)31-17-26(29)28-20(4)22-8-10-23(11-9-22)30-16-21-6-5-13-27-15-21/h5-15,18,20H,16-17H2,1-4H3,(H,28,29). The summed E-state index contributed by atoms with van der Waals surface area (Å²) >= 11 is 0. The van der Waals surface area contributed by atoms with Crippen molar-refractivity contribution in [2.24, 2.45) is 0 Å². The molecule has 0 radical (unpaired) electrons. The Hall–Kier alpha value is -3.34. The first-order valence-electron chi connectivity index (χ1n) is 10.6. The van der Waals surface area contributed by atoms with Crippen molar-refractivity contribution in [3.05, 3.63) is 89.2 Å². The Morgan fingerprint density at radius 2 is 1.81 bits per heavy atom. The minimum absolute atomic E-state index is 0.0141. The SMILES string of the molecule is Cc1ccc(C(C)C)c(OCC(=O)NC(C)c2ccc(OCc3cccnc3)cc2)c1. The van der Waals surface area contributed by atoms with Crippen molar-refractivity contribution in [1.82, 2.24) is 10.3 Å². The van der Waals surface area contributed by atoms with Crippen molar-refractivity contribution in [2.45, 2.75) is 46.3 Å². The predicted molar refractivity (Wildman–Crippen MR) is 122 cm³/mol. The van der Waals surface area contributed by atoms with Gasteiger partial charge in [-0.2, -0.15) is 0 Å². The average Bonchev–Trinajstić information content (AvgIpc) is 2.77. The molecule has 5 heteroatoms. The van der Waals surface area contributed by atoms with E-state index in [0.717, 1.165) is 33.8 Å². The van der Waals surface area contributed by atoms with Crippen LogP contribution in [0.4, 0.5) is 0 Å². The molecule has 0 saturated heterocycles. The van der Waals surface area contributed by atoms with Crippen LogP contribution >= 0.6 is 0 Å². The van der Waals surface area contributed by atoms with E-state index >= 15 is 0 Å². The van der Waals surface area contributed by atoms with Gasteiger partial charge >= 0.3 is 0 Å². The van der Waals surface area contributed by atoms with Gasteiger partial charge in [-0.15, -0.1) is 0 Å². The van der Waals surface area contributed by atoms with Crippen LogP contribution in [0.15, 0.2) is 67.0 Å². The summed E-state index contributed by atoms with van der Waals surface area (Å²) < 4.78 is 11.6. The molecule has 0 fully saturated rings. The molecular weight excluding hydrogens is 388 g/mol. The van der Waals surface area contributed by atoms with Gasteiger partial charge in [0.2, 0.25) is 0 Å². The molecule has 162 valence electrons. The summed E-state index contributed by atoms with van der Waals surface area (Å²) in [6.45, 7) is 8.65. The lowest BCUT2D eigenvalue weighted by molar-refractivity contribution is -0.123. The molecule has 1 aromatic heterocycles. The first-order valence-corrected chi connectivity index (χ1v) is 10.6. The normalized spacial score (nSPS) is 11.8. The predicted octanol–water partition coefficient (Wildman–Crippen LogP) is 5.35. The van der Waals surface area contributed by atoms with Gasteiger partial charge in [0.25, 0.3) is 5.91 Å². The van der Waals surface area contributed by atoms with Crippen LogP contribution in [-0.2, 0) is 11.4 Å². The van der Waals surface area contributed by atoms with E-state index in [2.05, 4.69) is 36.3 Å². The van der Waals surface area contributed by atoms with Crippen LogP contribution in [0, 0.1) is 6.92 Å². The number of rotatable bonds is 9. The van der Waals surface area contributed by atoms with Crippen LogP contribution in [0.3, 0.4) is 0 Å². The molecule has 3 rings (SSSR count). The molecule has 0 aliphatic carbocycles. The number of nitrogens with zero attached hydrogens (tertiary/aromatic N) is 1. The molecule has 3 aromatic rings. The molecule has 1 amide bonds. The van der Waals surface area contributed by atoms with Gasteiger partial charge in [-0.25, -0.2) is 0 Å². The van der Waals surface area contributed by atoms with Gasteiger partial charge in [-0.05, 0) is 60.7 Å². The Balaban J connectivity index is 1.51. The van der Waals surface area contributed by atoms with E-state index in [1.807, 2.05) is 56.3 Å². The number of carbonyl (C=O) groups is 1. The number of benzene rings is 2. The highest BCUT2D eigenvalue weighted by Crippen LogP contribution is 2.27. The van der Waals surface area contributed by atoms with Gasteiger partial charge in [-0.1, -0.05) is 44.2 Å². The zero-order chi connectivity index (χ0) is 22.2. The fraction of sp³-hybridized carbons (Fsp3) is 0.308. The number of hydrogen-bond acceptors (Lipinski definition) is 4. The van der Waals surface area contributed by atoms with Crippen molar-refractivity contribution >= 4 is 5.91 Å². The maximum Gasteiger partial charge on any atom is 0.258 e. The first-order chi connectivity index (χ1) is 14.9. The third kappa shape index (κ3) is 6.57. The second-order valence-electron chi connectivity index (χ2n) is 7.99. The van der Waals surface area contributed by atoms with Gasteiger partial charge in [0.05, 0.1) is 6.04 Å². The smallest absolute Gasteiger partial charge is 0.258 e. The summed E-state index contributed by atoms with van der Waals surface area (Å²) in [6.07, 6.45) is 3.53. The van der Waals surface area contributed by atoms with E-state index in [4.69, 9.17) is 9.47 Å². The number of aromatic nitrogens is 1. The summed E-state index contributed by atoms with van der Waals surface area (Å²) in [4.78, 5) is 16.5. The van der Waals surface area contributed by atoms with Crippen LogP contribution in [-0.4, -0.2) is 17.5 Å². The largest absolute Gasteiger partial charge is 0.489 e. The third-order valence-electron chi connectivity index (χ3n) is 5.04. The second-order valence-corrected chi connectivity index (χ2v) is 7.99. The van der Waals surface area contributed by atoms with Crippen LogP contribution in [0.25, 0.3) is 0 Å². The molecule has 0 aliphatic rings. The van der Waals surface area contributed by atoms with Gasteiger partial charge < -0.3 is 14.8 Å². The maximum absolute atomic E-state index is 12.4. The Morgan fingerprint density at radius 1 is 1.03 bits per heavy atom. The van der Waals surface area contributed by atoms with E-state index in [0.29, 0.717) is 12.5 Å². The molecule has 1 unspecified atom stereocenters. The lowest BCUT2D eigenvalue weighted by atomic mass is 10.0. The Bertz CT molecular complexity index is 985. The molecular formula is C26H30N2O3. The molecule has 0 bridgehead atoms. The lowest BCUT2D eigenvalue weighted by Crippen LogP contribution is -2.31. The third-order valence-corrected chi connectivity index (χ3v) is 5.04. The topological polar surface area (TPSA) is 60.5 Å². The quantitative estimate of drug-likeness (QED) is 0.509. The van der Waals surface area contributed by atoms with E-state index in [1.165, 1.54) is 0 Å². The zero-order valence-electron chi connectivity index (χ0n) is 18.6. The Morgan fingerprint density at radius 3 is 2.48 bits per heavy atom. The molecule has 31 heavy (non-hydrogen) atoms. The molecule has 1 atom stereocenters. The van der Waals surface area contributed by atoms with Crippen molar-refractivity contribution in [3.8, 4) is 11.5 Å². The highest BCUT2D eigenvalue weighted by atomic mass is 16.5. The molecule has 0 spiro atoms. The number of pyridine rings is 1. The van der Waals surface area contributed by atoms with Crippen molar-refractivity contribution in [2.75, 3.05) is 6.61 Å². The number of hydrogen-bond donors (Lipinski definition) is 1. The zero-order valence-corrected chi connectivity index (χ0v) is 18.6. The van der Waals surface area contributed by atoms with E-state index in [-0.39, 0.29) is 18.6 Å². The Kier molecular flexibility index (Phi) is 7.65. The number of nitrogens with one attached hydrogen (secondary N) is 1. The van der Waals surface area contributed by atoms with Gasteiger partial charge in [0, 0.05) is 18.0 Å². The van der Waals surface area contributed by atoms with Gasteiger partial charge in [-0.3, -0.25) is 9.78 Å². The van der Waals surface area contributed by atoms with Crippen LogP contribution < -0.4 is 14.8 Å². The molecule has 5 nitrogen and oxygen atoms in total. The molecule has 0 saturated carbocycles. The van der Waals surface area contributed by atoms with E-state index < -0.39 is 0 Å². The maximum atomic E-state index is 12.4. The summed E-state index contributed by atoms with van der Waals surface area (Å²) in [6, 6.07) is 17.6. The van der Waals surface area contributed by atoms with Gasteiger partial charge in [0.15, 0.2) is 6.61 Å². The second kappa shape index (κ2) is 10.6. The van der Waals surface area contributed by atoms with Crippen molar-refractivity contribution < 1.29 is 14.3 Å². The first kappa shape index (κ1) is 22.3. The van der Waals surface area contributed by atoms with Crippen molar-refractivity contribution in [1.29, 1.82) is 0 Å². The number of amides is 1. The highest BCUT2D eigenvalue weighted by Gasteiger charge is 2.13. The molecule has 2 aromatic carbocycles. The summed E-state index contributed by atoms with van der Waals surface area (Å²) in [5.74, 6) is 1.72. The summed E-state index contributed by atoms with van der Waals surface area (Å²) in [5, 5.41) is 2.99. The fourth-order valence-electron chi connectivity index (χ4n) is 3.26. The molecule has 1 N–H and O–H groups in total. The number of ether oxygens (including phenoxy) is 2. The molecule has 0 aliphatic heterocycles. The highest BCUT2D eigenvalue weighted by molar-refractivity contribution is 5.78.